The van der Waals surface area contributed by atoms with Crippen molar-refractivity contribution in [1.29, 1.82) is 0 Å². The van der Waals surface area contributed by atoms with Crippen LogP contribution >= 0.6 is 0 Å². The molecular weight excluding hydrogens is 204 g/mol. The Balaban J connectivity index is 2.33. The summed E-state index contributed by atoms with van der Waals surface area (Å²) in [5.74, 6) is 0. The molecule has 90 valence electrons. The van der Waals surface area contributed by atoms with E-state index < -0.39 is 5.60 Å². The van der Waals surface area contributed by atoms with E-state index in [1.54, 1.807) is 19.5 Å². The molecule has 1 aromatic heterocycles. The fourth-order valence-electron chi connectivity index (χ4n) is 1.53. The molecule has 1 heterocycles. The first kappa shape index (κ1) is 13.1. The molecule has 4 heteroatoms. The summed E-state index contributed by atoms with van der Waals surface area (Å²) in [6.45, 7) is 3.79. The SMILES string of the molecule is COCCNCC(C)(O)Cc1ccncc1. The molecular formula is C12H20N2O2. The predicted molar refractivity (Wildman–Crippen MR) is 63.3 cm³/mol. The minimum atomic E-state index is -0.741. The maximum atomic E-state index is 10.1. The van der Waals surface area contributed by atoms with E-state index in [-0.39, 0.29) is 0 Å². The topological polar surface area (TPSA) is 54.4 Å². The number of aliphatic hydroxyl groups is 1. The molecule has 0 bridgehead atoms. The van der Waals surface area contributed by atoms with Gasteiger partial charge in [0, 0.05) is 39.0 Å². The predicted octanol–water partition coefficient (Wildman–Crippen LogP) is 0.611. The van der Waals surface area contributed by atoms with Crippen LogP contribution in [0, 0.1) is 0 Å². The Kier molecular flexibility index (Phi) is 5.38. The molecule has 1 rings (SSSR count). The minimum Gasteiger partial charge on any atom is -0.389 e. The fourth-order valence-corrected chi connectivity index (χ4v) is 1.53. The number of hydrogen-bond acceptors (Lipinski definition) is 4. The van der Waals surface area contributed by atoms with Crippen LogP contribution in [0.4, 0.5) is 0 Å². The zero-order valence-electron chi connectivity index (χ0n) is 9.94. The van der Waals surface area contributed by atoms with E-state index in [2.05, 4.69) is 10.3 Å². The van der Waals surface area contributed by atoms with Crippen molar-refractivity contribution >= 4 is 0 Å². The monoisotopic (exact) mass is 224 g/mol. The highest BCUT2D eigenvalue weighted by Gasteiger charge is 2.20. The quantitative estimate of drug-likeness (QED) is 0.666. The van der Waals surface area contributed by atoms with Gasteiger partial charge in [-0.3, -0.25) is 4.98 Å². The highest BCUT2D eigenvalue weighted by molar-refractivity contribution is 5.12. The number of rotatable bonds is 7. The molecule has 0 radical (unpaired) electrons. The maximum absolute atomic E-state index is 10.1. The van der Waals surface area contributed by atoms with Crippen molar-refractivity contribution in [2.45, 2.75) is 18.9 Å². The summed E-state index contributed by atoms with van der Waals surface area (Å²) in [7, 11) is 1.66. The van der Waals surface area contributed by atoms with E-state index in [0.717, 1.165) is 12.1 Å². The standard InChI is InChI=1S/C12H20N2O2/c1-12(15,10-14-7-8-16-2)9-11-3-5-13-6-4-11/h3-6,14-15H,7-10H2,1-2H3. The van der Waals surface area contributed by atoms with E-state index >= 15 is 0 Å². The second-order valence-electron chi connectivity index (χ2n) is 4.20. The Bertz CT molecular complexity index is 288. The number of hydrogen-bond donors (Lipinski definition) is 2. The molecule has 4 nitrogen and oxygen atoms in total. The molecule has 0 fully saturated rings. The first-order valence-electron chi connectivity index (χ1n) is 5.45. The lowest BCUT2D eigenvalue weighted by atomic mass is 9.97. The summed E-state index contributed by atoms with van der Waals surface area (Å²) < 4.78 is 4.92. The maximum Gasteiger partial charge on any atom is 0.0783 e. The van der Waals surface area contributed by atoms with Crippen molar-refractivity contribution in [1.82, 2.24) is 10.3 Å². The van der Waals surface area contributed by atoms with Crippen LogP contribution < -0.4 is 5.32 Å². The molecule has 0 aliphatic heterocycles. The molecule has 0 aliphatic rings. The van der Waals surface area contributed by atoms with Crippen molar-refractivity contribution in [3.63, 3.8) is 0 Å². The normalized spacial score (nSPS) is 14.7. The number of methoxy groups -OCH3 is 1. The Labute approximate surface area is 96.7 Å². The summed E-state index contributed by atoms with van der Waals surface area (Å²) >= 11 is 0. The highest BCUT2D eigenvalue weighted by Crippen LogP contribution is 2.11. The van der Waals surface area contributed by atoms with Gasteiger partial charge in [0.25, 0.3) is 0 Å². The molecule has 0 saturated heterocycles. The number of aromatic nitrogens is 1. The Morgan fingerprint density at radius 2 is 2.12 bits per heavy atom. The number of nitrogens with one attached hydrogen (secondary N) is 1. The molecule has 1 aromatic rings. The summed E-state index contributed by atoms with van der Waals surface area (Å²) in [4.78, 5) is 3.95. The third-order valence-electron chi connectivity index (χ3n) is 2.32. The van der Waals surface area contributed by atoms with Crippen molar-refractivity contribution < 1.29 is 9.84 Å². The van der Waals surface area contributed by atoms with Crippen molar-refractivity contribution in [3.8, 4) is 0 Å². The van der Waals surface area contributed by atoms with Gasteiger partial charge in [-0.25, -0.2) is 0 Å². The summed E-state index contributed by atoms with van der Waals surface area (Å²) in [6, 6.07) is 3.84. The molecule has 1 atom stereocenters. The van der Waals surface area contributed by atoms with Crippen molar-refractivity contribution in [3.05, 3.63) is 30.1 Å². The Morgan fingerprint density at radius 3 is 2.75 bits per heavy atom. The van der Waals surface area contributed by atoms with Gasteiger partial charge >= 0.3 is 0 Å². The van der Waals surface area contributed by atoms with Gasteiger partial charge in [0.1, 0.15) is 0 Å². The van der Waals surface area contributed by atoms with Crippen LogP contribution in [0.25, 0.3) is 0 Å². The van der Waals surface area contributed by atoms with Crippen LogP contribution in [0.3, 0.4) is 0 Å². The lowest BCUT2D eigenvalue weighted by molar-refractivity contribution is 0.0581. The van der Waals surface area contributed by atoms with Gasteiger partial charge in [0.2, 0.25) is 0 Å². The molecule has 0 saturated carbocycles. The number of pyridine rings is 1. The average Bonchev–Trinajstić information content (AvgIpc) is 2.25. The van der Waals surface area contributed by atoms with Gasteiger partial charge in [-0.05, 0) is 24.6 Å². The van der Waals surface area contributed by atoms with E-state index in [1.807, 2.05) is 19.1 Å². The first-order valence-corrected chi connectivity index (χ1v) is 5.45. The fraction of sp³-hybridized carbons (Fsp3) is 0.583. The van der Waals surface area contributed by atoms with Gasteiger partial charge in [-0.1, -0.05) is 0 Å². The molecule has 1 unspecified atom stereocenters. The van der Waals surface area contributed by atoms with Gasteiger partial charge in [0.15, 0.2) is 0 Å². The first-order chi connectivity index (χ1) is 7.64. The average molecular weight is 224 g/mol. The van der Waals surface area contributed by atoms with Crippen LogP contribution in [0.5, 0.6) is 0 Å². The third-order valence-corrected chi connectivity index (χ3v) is 2.32. The second kappa shape index (κ2) is 6.58. The smallest absolute Gasteiger partial charge is 0.0783 e. The van der Waals surface area contributed by atoms with Crippen LogP contribution in [-0.2, 0) is 11.2 Å². The number of ether oxygens (including phenoxy) is 1. The summed E-state index contributed by atoms with van der Waals surface area (Å²) in [5.41, 5.74) is 0.350. The third kappa shape index (κ3) is 5.21. The van der Waals surface area contributed by atoms with E-state index in [1.165, 1.54) is 0 Å². The summed E-state index contributed by atoms with van der Waals surface area (Å²) in [5, 5.41) is 13.3. The number of nitrogens with zero attached hydrogens (tertiary/aromatic N) is 1. The van der Waals surface area contributed by atoms with Gasteiger partial charge in [-0.15, -0.1) is 0 Å². The van der Waals surface area contributed by atoms with E-state index in [9.17, 15) is 5.11 Å². The van der Waals surface area contributed by atoms with E-state index in [4.69, 9.17) is 4.74 Å². The van der Waals surface area contributed by atoms with Gasteiger partial charge in [0.05, 0.1) is 12.2 Å². The molecule has 0 aliphatic carbocycles. The summed E-state index contributed by atoms with van der Waals surface area (Å²) in [6.07, 6.45) is 4.10. The Hall–Kier alpha value is -0.970. The lowest BCUT2D eigenvalue weighted by Gasteiger charge is -2.23. The van der Waals surface area contributed by atoms with Crippen LogP contribution in [0.2, 0.25) is 0 Å². The minimum absolute atomic E-state index is 0.554. The van der Waals surface area contributed by atoms with Gasteiger partial charge < -0.3 is 15.2 Å². The van der Waals surface area contributed by atoms with Gasteiger partial charge in [-0.2, -0.15) is 0 Å². The lowest BCUT2D eigenvalue weighted by Crippen LogP contribution is -2.40. The van der Waals surface area contributed by atoms with Crippen molar-refractivity contribution in [2.24, 2.45) is 0 Å². The van der Waals surface area contributed by atoms with Crippen molar-refractivity contribution in [2.75, 3.05) is 26.8 Å². The largest absolute Gasteiger partial charge is 0.389 e. The molecule has 2 N–H and O–H groups in total. The van der Waals surface area contributed by atoms with Crippen LogP contribution in [-0.4, -0.2) is 42.5 Å². The van der Waals surface area contributed by atoms with Crippen LogP contribution in [0.1, 0.15) is 12.5 Å². The second-order valence-corrected chi connectivity index (χ2v) is 4.20. The molecule has 16 heavy (non-hydrogen) atoms. The Morgan fingerprint density at radius 1 is 1.44 bits per heavy atom. The van der Waals surface area contributed by atoms with Crippen LogP contribution in [0.15, 0.2) is 24.5 Å². The van der Waals surface area contributed by atoms with E-state index in [0.29, 0.717) is 19.6 Å². The highest BCUT2D eigenvalue weighted by atomic mass is 16.5. The molecule has 0 amide bonds. The zero-order chi connectivity index (χ0) is 11.9. The molecule has 0 spiro atoms. The molecule has 0 aromatic carbocycles. The zero-order valence-corrected chi connectivity index (χ0v) is 9.94.